The molecule has 0 unspecified atom stereocenters. The Balaban J connectivity index is 1.55. The molecule has 0 saturated carbocycles. The molecule has 0 atom stereocenters. The molecule has 1 aliphatic heterocycles. The number of benzene rings is 3. The van der Waals surface area contributed by atoms with Gasteiger partial charge in [-0.2, -0.15) is 0 Å². The normalized spacial score (nSPS) is 14.8. The van der Waals surface area contributed by atoms with Crippen LogP contribution in [0.2, 0.25) is 0 Å². The van der Waals surface area contributed by atoms with Crippen molar-refractivity contribution in [1.82, 2.24) is 4.90 Å². The van der Waals surface area contributed by atoms with Gasteiger partial charge in [0, 0.05) is 0 Å². The monoisotopic (exact) mass is 479 g/mol. The van der Waals surface area contributed by atoms with E-state index in [-0.39, 0.29) is 4.32 Å². The van der Waals surface area contributed by atoms with Crippen LogP contribution in [0, 0.1) is 0 Å². The molecule has 0 aromatic heterocycles. The van der Waals surface area contributed by atoms with Crippen molar-refractivity contribution < 1.29 is 24.2 Å². The van der Waals surface area contributed by atoms with Crippen LogP contribution in [0.5, 0.6) is 11.5 Å². The number of carboxylic acids is 1. The second-order valence-electron chi connectivity index (χ2n) is 7.23. The molecule has 1 N–H and O–H groups in total. The lowest BCUT2D eigenvalue weighted by molar-refractivity contribution is -0.140. The Hall–Kier alpha value is -3.36. The number of thiocarbonyl (C=S) groups is 1. The minimum absolute atomic E-state index is 0.230. The minimum atomic E-state index is -1.11. The van der Waals surface area contributed by atoms with E-state index < -0.39 is 18.4 Å². The summed E-state index contributed by atoms with van der Waals surface area (Å²) in [5, 5.41) is 11.3. The molecular weight excluding hydrogens is 458 g/mol. The van der Waals surface area contributed by atoms with Gasteiger partial charge in [0.25, 0.3) is 5.91 Å². The zero-order chi connectivity index (χ0) is 23.4. The van der Waals surface area contributed by atoms with E-state index in [1.165, 1.54) is 0 Å². The first-order valence-corrected chi connectivity index (χ1v) is 11.5. The van der Waals surface area contributed by atoms with Crippen molar-refractivity contribution >= 4 is 57.0 Å². The first kappa shape index (κ1) is 22.8. The number of ether oxygens (including phenoxy) is 2. The Morgan fingerprint density at radius 3 is 2.67 bits per heavy atom. The Bertz CT molecular complexity index is 1270. The fraction of sp³-hybridized carbons (Fsp3) is 0.160. The Morgan fingerprint density at radius 2 is 1.88 bits per heavy atom. The summed E-state index contributed by atoms with van der Waals surface area (Å²) in [5.74, 6) is -0.367. The standard InChI is InChI=1S/C25H21NO5S2/c1-2-30-21-12-16(13-22-24(29)26(14-23(27)28)25(32)33-22)10-11-20(21)31-15-18-8-5-7-17-6-3-4-9-19(17)18/h3-13H,2,14-15H2,1H3,(H,27,28)/b22-13-. The van der Waals surface area contributed by atoms with Gasteiger partial charge in [0.2, 0.25) is 0 Å². The number of carbonyl (C=O) groups excluding carboxylic acids is 1. The van der Waals surface area contributed by atoms with Crippen molar-refractivity contribution in [2.75, 3.05) is 13.2 Å². The maximum atomic E-state index is 12.5. The van der Waals surface area contributed by atoms with Gasteiger partial charge in [0.15, 0.2) is 11.5 Å². The summed E-state index contributed by atoms with van der Waals surface area (Å²) >= 11 is 6.24. The fourth-order valence-corrected chi connectivity index (χ4v) is 4.75. The van der Waals surface area contributed by atoms with E-state index in [1.54, 1.807) is 18.2 Å². The molecule has 1 aliphatic rings. The van der Waals surface area contributed by atoms with Crippen LogP contribution in [0.4, 0.5) is 0 Å². The van der Waals surface area contributed by atoms with E-state index in [4.69, 9.17) is 26.8 Å². The summed E-state index contributed by atoms with van der Waals surface area (Å²) in [7, 11) is 0. The zero-order valence-corrected chi connectivity index (χ0v) is 19.4. The van der Waals surface area contributed by atoms with E-state index in [2.05, 4.69) is 18.2 Å². The number of carboxylic acid groups (broad SMARTS) is 1. The predicted molar refractivity (Wildman–Crippen MR) is 133 cm³/mol. The largest absolute Gasteiger partial charge is 0.490 e. The lowest BCUT2D eigenvalue weighted by Gasteiger charge is -2.14. The highest BCUT2D eigenvalue weighted by molar-refractivity contribution is 8.26. The highest BCUT2D eigenvalue weighted by Gasteiger charge is 2.33. The average Bonchev–Trinajstić information content (AvgIpc) is 3.05. The molecular formula is C25H21NO5S2. The molecule has 3 aromatic carbocycles. The van der Waals surface area contributed by atoms with Crippen LogP contribution in [0.1, 0.15) is 18.1 Å². The van der Waals surface area contributed by atoms with Gasteiger partial charge in [0.05, 0.1) is 11.5 Å². The zero-order valence-electron chi connectivity index (χ0n) is 17.8. The molecule has 1 amide bonds. The van der Waals surface area contributed by atoms with Crippen molar-refractivity contribution in [2.24, 2.45) is 0 Å². The number of thioether (sulfide) groups is 1. The highest BCUT2D eigenvalue weighted by Crippen LogP contribution is 2.35. The van der Waals surface area contributed by atoms with Crippen LogP contribution in [-0.4, -0.2) is 39.4 Å². The molecule has 0 bridgehead atoms. The number of rotatable bonds is 8. The van der Waals surface area contributed by atoms with Crippen LogP contribution in [0.3, 0.4) is 0 Å². The number of amides is 1. The lowest BCUT2D eigenvalue weighted by Crippen LogP contribution is -2.33. The second-order valence-corrected chi connectivity index (χ2v) is 8.90. The molecule has 0 spiro atoms. The number of fused-ring (bicyclic) bond motifs is 1. The summed E-state index contributed by atoms with van der Waals surface area (Å²) < 4.78 is 12.1. The number of aliphatic carboxylic acids is 1. The van der Waals surface area contributed by atoms with Gasteiger partial charge in [-0.3, -0.25) is 14.5 Å². The van der Waals surface area contributed by atoms with E-state index in [0.29, 0.717) is 29.6 Å². The van der Waals surface area contributed by atoms with Crippen LogP contribution < -0.4 is 9.47 Å². The van der Waals surface area contributed by atoms with E-state index in [9.17, 15) is 9.59 Å². The molecule has 3 aromatic rings. The van der Waals surface area contributed by atoms with Crippen LogP contribution in [0.25, 0.3) is 16.8 Å². The van der Waals surface area contributed by atoms with E-state index in [1.807, 2.05) is 37.3 Å². The maximum absolute atomic E-state index is 12.5. The molecule has 1 saturated heterocycles. The van der Waals surface area contributed by atoms with Crippen molar-refractivity contribution in [1.29, 1.82) is 0 Å². The fourth-order valence-electron chi connectivity index (χ4n) is 3.50. The average molecular weight is 480 g/mol. The lowest BCUT2D eigenvalue weighted by atomic mass is 10.1. The van der Waals surface area contributed by atoms with Gasteiger partial charge in [-0.05, 0) is 47.0 Å². The van der Waals surface area contributed by atoms with Gasteiger partial charge in [0.1, 0.15) is 17.5 Å². The van der Waals surface area contributed by atoms with E-state index >= 15 is 0 Å². The van der Waals surface area contributed by atoms with Gasteiger partial charge >= 0.3 is 5.97 Å². The van der Waals surface area contributed by atoms with Gasteiger partial charge in [-0.15, -0.1) is 0 Å². The summed E-state index contributed by atoms with van der Waals surface area (Å²) in [6.07, 6.45) is 1.68. The summed E-state index contributed by atoms with van der Waals surface area (Å²) in [6, 6.07) is 19.7. The van der Waals surface area contributed by atoms with Crippen LogP contribution >= 0.6 is 24.0 Å². The first-order valence-electron chi connectivity index (χ1n) is 10.3. The number of hydrogen-bond donors (Lipinski definition) is 1. The molecule has 8 heteroatoms. The van der Waals surface area contributed by atoms with Crippen molar-refractivity contribution in [2.45, 2.75) is 13.5 Å². The third-order valence-corrected chi connectivity index (χ3v) is 6.37. The first-order chi connectivity index (χ1) is 16.0. The van der Waals surface area contributed by atoms with Gasteiger partial charge in [-0.1, -0.05) is 72.5 Å². The van der Waals surface area contributed by atoms with Crippen LogP contribution in [-0.2, 0) is 16.2 Å². The molecule has 33 heavy (non-hydrogen) atoms. The number of nitrogens with zero attached hydrogens (tertiary/aromatic N) is 1. The molecule has 6 nitrogen and oxygen atoms in total. The van der Waals surface area contributed by atoms with Crippen molar-refractivity contribution in [3.8, 4) is 11.5 Å². The molecule has 1 fully saturated rings. The molecule has 168 valence electrons. The third kappa shape index (κ3) is 5.18. The Kier molecular flexibility index (Phi) is 6.96. The minimum Gasteiger partial charge on any atom is -0.490 e. The van der Waals surface area contributed by atoms with Gasteiger partial charge in [-0.25, -0.2) is 0 Å². The quantitative estimate of drug-likeness (QED) is 0.356. The second kappa shape index (κ2) is 10.1. The Labute approximate surface area is 200 Å². The van der Waals surface area contributed by atoms with Gasteiger partial charge < -0.3 is 14.6 Å². The molecule has 4 rings (SSSR count). The highest BCUT2D eigenvalue weighted by atomic mass is 32.2. The van der Waals surface area contributed by atoms with E-state index in [0.717, 1.165) is 38.6 Å². The maximum Gasteiger partial charge on any atom is 0.323 e. The SMILES string of the molecule is CCOc1cc(/C=C2\SC(=S)N(CC(=O)O)C2=O)ccc1OCc1cccc2ccccc12. The predicted octanol–water partition coefficient (Wildman–Crippen LogP) is 5.10. The Morgan fingerprint density at radius 1 is 1.09 bits per heavy atom. The topological polar surface area (TPSA) is 76.1 Å². The molecule has 1 heterocycles. The summed E-state index contributed by atoms with van der Waals surface area (Å²) in [4.78, 5) is 25.0. The van der Waals surface area contributed by atoms with Crippen molar-refractivity contribution in [3.05, 3.63) is 76.7 Å². The third-order valence-electron chi connectivity index (χ3n) is 5.00. The van der Waals surface area contributed by atoms with Crippen molar-refractivity contribution in [3.63, 3.8) is 0 Å². The smallest absolute Gasteiger partial charge is 0.323 e. The number of carbonyl (C=O) groups is 2. The molecule has 0 radical (unpaired) electrons. The summed E-state index contributed by atoms with van der Waals surface area (Å²) in [6.45, 7) is 2.27. The molecule has 0 aliphatic carbocycles. The summed E-state index contributed by atoms with van der Waals surface area (Å²) in [5.41, 5.74) is 1.80. The van der Waals surface area contributed by atoms with Crippen LogP contribution in [0.15, 0.2) is 65.6 Å². The number of hydrogen-bond acceptors (Lipinski definition) is 6.